The monoisotopic (exact) mass is 1350 g/mol. The molecule has 0 saturated carbocycles. The third-order valence-electron chi connectivity index (χ3n) is 13.4. The number of halogens is 8. The molecule has 4 fully saturated rings. The van der Waals surface area contributed by atoms with Gasteiger partial charge in [0.25, 0.3) is 0 Å². The van der Waals surface area contributed by atoms with E-state index in [1.165, 1.54) is 4.91 Å². The van der Waals surface area contributed by atoms with Gasteiger partial charge in [0.05, 0.1) is 104 Å². The number of hydrogen-bond acceptors (Lipinski definition) is 17. The molecule has 1 unspecified atom stereocenters. The fourth-order valence-electron chi connectivity index (χ4n) is 9.96. The van der Waals surface area contributed by atoms with E-state index in [2.05, 4.69) is 36.3 Å². The van der Waals surface area contributed by atoms with Crippen molar-refractivity contribution in [3.63, 3.8) is 0 Å². The van der Waals surface area contributed by atoms with E-state index in [1.54, 1.807) is 72.8 Å². The van der Waals surface area contributed by atoms with E-state index in [1.807, 2.05) is 46.2 Å². The molecule has 22 nitrogen and oxygen atoms in total. The van der Waals surface area contributed by atoms with Gasteiger partial charge in [0.1, 0.15) is 24.4 Å². The Bertz CT molecular complexity index is 3360. The summed E-state index contributed by atoms with van der Waals surface area (Å²) in [5.41, 5.74) is 26.8. The van der Waals surface area contributed by atoms with Crippen LogP contribution < -0.4 is 58.5 Å². The topological polar surface area (TPSA) is 286 Å². The van der Waals surface area contributed by atoms with Gasteiger partial charge in [-0.1, -0.05) is 74.7 Å². The van der Waals surface area contributed by atoms with Gasteiger partial charge < -0.3 is 69.5 Å². The molecule has 0 amide bonds. The van der Waals surface area contributed by atoms with Crippen molar-refractivity contribution in [3.05, 3.63) is 166 Å². The molecule has 0 aromatic heterocycles. The molecule has 84 heavy (non-hydrogen) atoms. The Labute approximate surface area is 545 Å². The second kappa shape index (κ2) is 29.8. The van der Waals surface area contributed by atoms with E-state index in [4.69, 9.17) is 127 Å². The molecule has 6 aromatic rings. The maximum Gasteiger partial charge on any atom is 1.00 e. The Morgan fingerprint density at radius 3 is 1.17 bits per heavy atom. The fraction of sp³-hybridized carbons (Fsp3) is 0.294. The van der Waals surface area contributed by atoms with Crippen LogP contribution in [0.2, 0.25) is 30.1 Å². The molecule has 7 heterocycles. The van der Waals surface area contributed by atoms with E-state index >= 15 is 0 Å². The van der Waals surface area contributed by atoms with Crippen LogP contribution >= 0.6 is 91.0 Å². The van der Waals surface area contributed by atoms with E-state index in [0.29, 0.717) is 77.8 Å². The average Bonchev–Trinajstić information content (AvgIpc) is 2.97. The second-order valence-electron chi connectivity index (χ2n) is 18.4. The summed E-state index contributed by atoms with van der Waals surface area (Å²) in [6.45, 7) is 1.57. The second-order valence-corrected chi connectivity index (χ2v) is 24.3. The summed E-state index contributed by atoms with van der Waals surface area (Å²) >= 11 is 34.9. The number of fused-ring (bicyclic) bond motifs is 7. The van der Waals surface area contributed by atoms with Crippen LogP contribution in [0.1, 0.15) is 0 Å². The minimum Gasteiger partial charge on any atom is -0.453 e. The maximum atomic E-state index is 11.8. The number of aliphatic hydroxyl groups excluding tert-OH is 3. The minimum atomic E-state index is -1.77. The zero-order chi connectivity index (χ0) is 59.2. The van der Waals surface area contributed by atoms with Gasteiger partial charge in [-0.3, -0.25) is 13.3 Å². The van der Waals surface area contributed by atoms with Crippen molar-refractivity contribution < 1.29 is 90.1 Å². The van der Waals surface area contributed by atoms with E-state index in [9.17, 15) is 19.5 Å². The van der Waals surface area contributed by atoms with Gasteiger partial charge in [-0.25, -0.2) is 4.21 Å². The number of anilines is 6. The molecule has 33 heteroatoms. The predicted molar refractivity (Wildman–Crippen MR) is 318 cm³/mol. The van der Waals surface area contributed by atoms with Crippen LogP contribution in [-0.4, -0.2) is 118 Å². The van der Waals surface area contributed by atoms with Gasteiger partial charge >= 0.3 is 40.9 Å². The zero-order valence-corrected chi connectivity index (χ0v) is 52.8. The van der Waals surface area contributed by atoms with Crippen molar-refractivity contribution >= 4 is 146 Å². The quantitative estimate of drug-likeness (QED) is 0.0486. The van der Waals surface area contributed by atoms with Crippen LogP contribution in [-0.2, 0) is 43.2 Å². The summed E-state index contributed by atoms with van der Waals surface area (Å²) < 4.78 is 66.3. The first kappa shape index (κ1) is 66.0. The number of rotatable bonds is 4. The summed E-state index contributed by atoms with van der Waals surface area (Å²) in [6.07, 6.45) is -3.59. The maximum absolute atomic E-state index is 11.8. The first-order valence-electron chi connectivity index (χ1n) is 24.4. The Hall–Kier alpha value is -3.96. The number of hydrogen-bond donors (Lipinski definition) is 3. The van der Waals surface area contributed by atoms with E-state index in [0.717, 1.165) is 34.1 Å². The first-order valence-corrected chi connectivity index (χ1v) is 30.4. The van der Waals surface area contributed by atoms with Gasteiger partial charge in [-0.15, -0.1) is 0 Å². The van der Waals surface area contributed by atoms with Crippen molar-refractivity contribution in [2.75, 3.05) is 54.3 Å². The Morgan fingerprint density at radius 1 is 0.500 bits per heavy atom. The van der Waals surface area contributed by atoms with Crippen LogP contribution in [0.15, 0.2) is 114 Å². The van der Waals surface area contributed by atoms with Gasteiger partial charge in [-0.05, 0) is 78.3 Å². The molecule has 13 rings (SSSR count). The fourth-order valence-corrected chi connectivity index (χ4v) is 11.8. The molecule has 7 aliphatic heterocycles. The van der Waals surface area contributed by atoms with Gasteiger partial charge in [-0.2, -0.15) is 4.21 Å². The third-order valence-corrected chi connectivity index (χ3v) is 15.6. The van der Waals surface area contributed by atoms with Crippen molar-refractivity contribution in [2.45, 2.75) is 54.7 Å². The summed E-state index contributed by atoms with van der Waals surface area (Å²) in [6, 6.07) is 30.1. The molecule has 10 atom stereocenters. The Balaban J connectivity index is 0.000000155. The van der Waals surface area contributed by atoms with Gasteiger partial charge in [0, 0.05) is 92.8 Å². The van der Waals surface area contributed by atoms with Crippen LogP contribution in [0, 0.1) is 0 Å². The molecule has 4 saturated heterocycles. The van der Waals surface area contributed by atoms with Crippen LogP contribution in [0.3, 0.4) is 0 Å². The SMILES string of the molecule is O=S(Cl)Cl.O=S1O[C@H]2[C@H](COC[C@@H]2N2c3ccc(Cl)cc3Oc3cc(Cl)ccc32)O1.O[C@H]1[C@@H](O)COC[C@@H]1N1c2ccc(Cl)cc2Oc2cc(Cl)ccc21.[N-]=[N+]=N[C@@H]1COC[C@H](N2c3ccc(Cl)cc3Oc3cc(Cl)ccc32)[C@H]1O.[N-]=[N+]=[N-].[Na+]. The van der Waals surface area contributed by atoms with Crippen molar-refractivity contribution in [1.29, 1.82) is 0 Å². The number of ether oxygens (including phenoxy) is 6. The molecular weight excluding hydrogens is 1320 g/mol. The van der Waals surface area contributed by atoms with Crippen LogP contribution in [0.25, 0.3) is 26.4 Å². The van der Waals surface area contributed by atoms with E-state index < -0.39 is 63.1 Å². The van der Waals surface area contributed by atoms with Gasteiger partial charge in [0.15, 0.2) is 34.5 Å². The zero-order valence-electron chi connectivity index (χ0n) is 43.1. The predicted octanol–water partition coefficient (Wildman–Crippen LogP) is 10.9. The molecule has 6 aromatic carbocycles. The standard InChI is InChI=1S/C17H14Cl2N4O3.C17H13Cl2NO5S.C17H15Cl2NO4.Cl2OS.N3.Na/c18-9-1-3-12-15(5-9)26-16-6-10(19)2-4-13(16)23(12)14-8-25-7-11(17(14)24)21-22-20;18-9-1-3-11-14(5-9)23-15-6-10(19)2-4-12(15)20(11)13-7-22-8-16-17(13)25-26(21)24-16;18-9-1-3-11-15(5-9)24-16-6-10(19)2-4-12(16)20(11)13-7-23-8-14(21)17(13)22;1-4(2)3;1-3-2;/h1-6,11,14,17,24H,7-8H2;1-6,13,16-17H,7-8H2;1-6,13-14,17,21-22H,7-8H2;;;/q;;;;-1;+1/t11-,14+,17+;13-,16-,17+,26?;13-,14-,17+;;;/m100.../s1. The summed E-state index contributed by atoms with van der Waals surface area (Å²) in [4.78, 5) is 10.2. The van der Waals surface area contributed by atoms with Crippen LogP contribution in [0.5, 0.6) is 34.5 Å². The largest absolute Gasteiger partial charge is 1.00 e. The average molecular weight is 1360 g/mol. The molecule has 0 spiro atoms. The Kier molecular flexibility index (Phi) is 23.4. The summed E-state index contributed by atoms with van der Waals surface area (Å²) in [5.74, 6) is 3.42. The molecule has 438 valence electrons. The van der Waals surface area contributed by atoms with Crippen molar-refractivity contribution in [3.8, 4) is 34.5 Å². The number of azide groups is 1. The molecule has 0 bridgehead atoms. The first-order chi connectivity index (χ1) is 39.9. The summed E-state index contributed by atoms with van der Waals surface area (Å²) in [5, 5.41) is 38.2. The van der Waals surface area contributed by atoms with Crippen molar-refractivity contribution in [2.24, 2.45) is 5.11 Å². The number of benzene rings is 6. The van der Waals surface area contributed by atoms with Gasteiger partial charge in [0.2, 0.25) is 9.23 Å². The third kappa shape index (κ3) is 15.1. The number of aliphatic hydroxyl groups is 3. The molecule has 0 aliphatic carbocycles. The molecule has 7 aliphatic rings. The molecule has 3 N–H and O–H groups in total. The summed E-state index contributed by atoms with van der Waals surface area (Å²) in [7, 11) is 7.36. The Morgan fingerprint density at radius 2 is 0.810 bits per heavy atom. The van der Waals surface area contributed by atoms with Crippen LogP contribution in [0.4, 0.5) is 34.1 Å². The molecular formula is C51H42Cl8N9NaO13S2. The smallest absolute Gasteiger partial charge is 0.453 e. The van der Waals surface area contributed by atoms with Crippen molar-refractivity contribution in [1.82, 2.24) is 0 Å². The van der Waals surface area contributed by atoms with E-state index in [-0.39, 0.29) is 68.1 Å². The normalized spacial score (nSPS) is 24.5. The minimum absolute atomic E-state index is 0. The molecule has 0 radical (unpaired) electrons. The number of nitrogens with zero attached hydrogens (tertiary/aromatic N) is 9.